The predicted octanol–water partition coefficient (Wildman–Crippen LogP) is 5.46. The number of unbranched alkanes of at least 4 members (excludes halogenated alkanes) is 2. The Morgan fingerprint density at radius 3 is 1.93 bits per heavy atom. The van der Waals surface area contributed by atoms with Crippen LogP contribution in [0.5, 0.6) is 11.5 Å². The Morgan fingerprint density at radius 1 is 0.750 bits per heavy atom. The molecule has 0 heterocycles. The van der Waals surface area contributed by atoms with E-state index in [-0.39, 0.29) is 43.8 Å². The van der Waals surface area contributed by atoms with Gasteiger partial charge in [-0.3, -0.25) is 4.79 Å². The van der Waals surface area contributed by atoms with Crippen LogP contribution < -0.4 is 15.2 Å². The fraction of sp³-hybridized carbons (Fsp3) is 0.643. The highest BCUT2D eigenvalue weighted by Crippen LogP contribution is 2.30. The summed E-state index contributed by atoms with van der Waals surface area (Å²) in [6, 6.07) is 3.26. The first-order chi connectivity index (χ1) is 19.1. The van der Waals surface area contributed by atoms with Gasteiger partial charge in [-0.05, 0) is 57.2 Å². The minimum absolute atomic E-state index is 0.00541. The quantitative estimate of drug-likeness (QED) is 0.109. The summed E-state index contributed by atoms with van der Waals surface area (Å²) in [7, 11) is 0. The number of rotatable bonds is 17. The molecule has 0 spiro atoms. The second kappa shape index (κ2) is 19.5. The third kappa shape index (κ3) is 14.6. The monoisotopic (exact) mass is 569 g/mol. The van der Waals surface area contributed by atoms with E-state index in [2.05, 4.69) is 0 Å². The van der Waals surface area contributed by atoms with Gasteiger partial charge in [0.25, 0.3) is 0 Å². The van der Waals surface area contributed by atoms with Crippen LogP contribution in [-0.4, -0.2) is 62.5 Å². The van der Waals surface area contributed by atoms with Crippen LogP contribution in [0.3, 0.4) is 0 Å². The maximum Gasteiger partial charge on any atom is 0.513 e. The van der Waals surface area contributed by atoms with Gasteiger partial charge < -0.3 is 38.9 Å². The number of carbonyl (C=O) groups excluding carboxylic acids is 4. The second-order valence-electron chi connectivity index (χ2n) is 9.23. The van der Waals surface area contributed by atoms with E-state index in [0.717, 1.165) is 19.3 Å². The number of hydrogen-bond acceptors (Lipinski definition) is 12. The summed E-state index contributed by atoms with van der Waals surface area (Å²) in [5.74, 6) is -0.908. The minimum Gasteiger partial charge on any atom is -0.458 e. The van der Waals surface area contributed by atoms with Gasteiger partial charge in [0.1, 0.15) is 24.9 Å². The molecule has 1 aromatic rings. The summed E-state index contributed by atoms with van der Waals surface area (Å²) in [6.07, 6.45) is 0.732. The molecule has 0 saturated heterocycles. The Labute approximate surface area is 235 Å². The molecule has 0 radical (unpaired) electrons. The summed E-state index contributed by atoms with van der Waals surface area (Å²) < 4.78 is 35.8. The molecule has 0 saturated carbocycles. The smallest absolute Gasteiger partial charge is 0.458 e. The van der Waals surface area contributed by atoms with Crippen molar-refractivity contribution in [1.29, 1.82) is 0 Å². The van der Waals surface area contributed by atoms with Crippen molar-refractivity contribution in [2.24, 2.45) is 5.73 Å². The number of esters is 1. The van der Waals surface area contributed by atoms with Gasteiger partial charge in [-0.2, -0.15) is 0 Å². The molecule has 0 aliphatic rings. The molecule has 0 bridgehead atoms. The average Bonchev–Trinajstić information content (AvgIpc) is 2.89. The highest BCUT2D eigenvalue weighted by atomic mass is 16.7. The van der Waals surface area contributed by atoms with Crippen LogP contribution in [0.1, 0.15) is 78.7 Å². The van der Waals surface area contributed by atoms with Crippen LogP contribution in [0.2, 0.25) is 0 Å². The van der Waals surface area contributed by atoms with E-state index in [1.54, 1.807) is 19.9 Å². The number of benzene rings is 1. The van der Waals surface area contributed by atoms with E-state index < -0.39 is 36.6 Å². The Morgan fingerprint density at radius 2 is 1.35 bits per heavy atom. The largest absolute Gasteiger partial charge is 0.513 e. The molecule has 12 nitrogen and oxygen atoms in total. The van der Waals surface area contributed by atoms with E-state index in [1.165, 1.54) is 12.1 Å². The van der Waals surface area contributed by atoms with E-state index in [0.29, 0.717) is 24.8 Å². The van der Waals surface area contributed by atoms with Gasteiger partial charge in [0.15, 0.2) is 11.5 Å². The maximum absolute atomic E-state index is 12.5. The summed E-state index contributed by atoms with van der Waals surface area (Å²) in [5.41, 5.74) is 6.52. The van der Waals surface area contributed by atoms with E-state index in [9.17, 15) is 19.2 Å². The standard InChI is InChI=1S/C28H43NO11/c1-6-9-14-34-26(31)39-23-13-12-21(17-24(23)40-27(32)35-15-10-7-2)16-22(29)25(30)37-20(5)18-36-28(33)38-19(4)11-8-3/h12-13,17,19-20,22H,6-11,14-16,18,29H2,1-5H3/t19?,20-,22-/m0/s1. The Balaban J connectivity index is 2.79. The lowest BCUT2D eigenvalue weighted by atomic mass is 10.1. The first kappa shape index (κ1) is 34.5. The average molecular weight is 570 g/mol. The molecule has 2 N–H and O–H groups in total. The summed E-state index contributed by atoms with van der Waals surface area (Å²) >= 11 is 0. The second-order valence-corrected chi connectivity index (χ2v) is 9.23. The van der Waals surface area contributed by atoms with Gasteiger partial charge in [-0.25, -0.2) is 14.4 Å². The zero-order chi connectivity index (χ0) is 29.9. The van der Waals surface area contributed by atoms with Crippen LogP contribution in [0, 0.1) is 0 Å². The van der Waals surface area contributed by atoms with Crippen molar-refractivity contribution in [1.82, 2.24) is 0 Å². The van der Waals surface area contributed by atoms with Crippen molar-refractivity contribution in [3.63, 3.8) is 0 Å². The molecular weight excluding hydrogens is 526 g/mol. The third-order valence-corrected chi connectivity index (χ3v) is 5.33. The van der Waals surface area contributed by atoms with Crippen LogP contribution >= 0.6 is 0 Å². The van der Waals surface area contributed by atoms with Crippen LogP contribution in [0.25, 0.3) is 0 Å². The Kier molecular flexibility index (Phi) is 16.8. The zero-order valence-electron chi connectivity index (χ0n) is 24.1. The van der Waals surface area contributed by atoms with Crippen molar-refractivity contribution in [2.75, 3.05) is 19.8 Å². The highest BCUT2D eigenvalue weighted by molar-refractivity contribution is 5.76. The van der Waals surface area contributed by atoms with Crippen LogP contribution in [0.4, 0.5) is 14.4 Å². The molecule has 0 aliphatic carbocycles. The van der Waals surface area contributed by atoms with Crippen LogP contribution in [0.15, 0.2) is 18.2 Å². The van der Waals surface area contributed by atoms with Crippen molar-refractivity contribution >= 4 is 24.4 Å². The molecule has 0 fully saturated rings. The molecule has 226 valence electrons. The number of hydrogen-bond donors (Lipinski definition) is 1. The molecule has 3 atom stereocenters. The normalized spacial score (nSPS) is 12.8. The van der Waals surface area contributed by atoms with Crippen molar-refractivity contribution in [3.8, 4) is 11.5 Å². The summed E-state index contributed by atoms with van der Waals surface area (Å²) in [4.78, 5) is 48.4. The first-order valence-corrected chi connectivity index (χ1v) is 13.7. The SMILES string of the molecule is CCCCOC(=O)Oc1ccc(C[C@H](N)C(=O)O[C@@H](C)COC(=O)OC(C)CCC)cc1OC(=O)OCCCC. The minimum atomic E-state index is -1.09. The molecule has 1 unspecified atom stereocenters. The van der Waals surface area contributed by atoms with Crippen molar-refractivity contribution in [3.05, 3.63) is 23.8 Å². The maximum atomic E-state index is 12.5. The molecule has 1 rings (SSSR count). The number of nitrogens with two attached hydrogens (primary N) is 1. The number of carbonyl (C=O) groups is 4. The molecule has 1 aromatic carbocycles. The van der Waals surface area contributed by atoms with Gasteiger partial charge in [-0.1, -0.05) is 46.1 Å². The fourth-order valence-corrected chi connectivity index (χ4v) is 3.19. The van der Waals surface area contributed by atoms with Gasteiger partial charge in [-0.15, -0.1) is 0 Å². The van der Waals surface area contributed by atoms with Crippen LogP contribution in [-0.2, 0) is 34.9 Å². The Hall–Kier alpha value is -3.54. The van der Waals surface area contributed by atoms with E-state index in [1.807, 2.05) is 20.8 Å². The van der Waals surface area contributed by atoms with Gasteiger partial charge >= 0.3 is 24.4 Å². The van der Waals surface area contributed by atoms with Gasteiger partial charge in [0.05, 0.1) is 13.2 Å². The molecular formula is C28H43NO11. The molecule has 40 heavy (non-hydrogen) atoms. The van der Waals surface area contributed by atoms with Crippen molar-refractivity contribution < 1.29 is 52.3 Å². The van der Waals surface area contributed by atoms with E-state index >= 15 is 0 Å². The summed E-state index contributed by atoms with van der Waals surface area (Å²) in [5, 5.41) is 0. The summed E-state index contributed by atoms with van der Waals surface area (Å²) in [6.45, 7) is 9.32. The molecule has 0 aliphatic heterocycles. The van der Waals surface area contributed by atoms with Crippen molar-refractivity contribution in [2.45, 2.75) is 97.8 Å². The molecule has 0 amide bonds. The molecule has 0 aromatic heterocycles. The lowest BCUT2D eigenvalue weighted by molar-refractivity contribution is -0.152. The third-order valence-electron chi connectivity index (χ3n) is 5.33. The lowest BCUT2D eigenvalue weighted by Crippen LogP contribution is -2.37. The predicted molar refractivity (Wildman–Crippen MR) is 144 cm³/mol. The number of ether oxygens (including phenoxy) is 7. The van der Waals surface area contributed by atoms with E-state index in [4.69, 9.17) is 38.9 Å². The lowest BCUT2D eigenvalue weighted by Gasteiger charge is -2.18. The zero-order valence-corrected chi connectivity index (χ0v) is 24.1. The fourth-order valence-electron chi connectivity index (χ4n) is 3.19. The molecule has 12 heteroatoms. The van der Waals surface area contributed by atoms with Gasteiger partial charge in [0, 0.05) is 0 Å². The topological polar surface area (TPSA) is 159 Å². The Bertz CT molecular complexity index is 937. The highest BCUT2D eigenvalue weighted by Gasteiger charge is 2.22. The van der Waals surface area contributed by atoms with Gasteiger partial charge in [0.2, 0.25) is 0 Å². The first-order valence-electron chi connectivity index (χ1n) is 13.7.